The zero-order valence-electron chi connectivity index (χ0n) is 19.7. The van der Waals surface area contributed by atoms with Crippen LogP contribution >= 0.6 is 0 Å². The molecule has 0 radical (unpaired) electrons. The van der Waals surface area contributed by atoms with E-state index in [2.05, 4.69) is 6.07 Å². The van der Waals surface area contributed by atoms with Gasteiger partial charge in [0.25, 0.3) is 5.91 Å². The maximum atomic E-state index is 13.8. The number of rotatable bonds is 8. The lowest BCUT2D eigenvalue weighted by Gasteiger charge is -2.36. The number of nitrogens with zero attached hydrogens (tertiary/aromatic N) is 3. The fourth-order valence-electron chi connectivity index (χ4n) is 4.86. The minimum atomic E-state index is -0.865. The predicted molar refractivity (Wildman–Crippen MR) is 129 cm³/mol. The first-order valence-electron chi connectivity index (χ1n) is 11.9. The molecule has 0 spiro atoms. The van der Waals surface area contributed by atoms with Crippen molar-refractivity contribution in [1.82, 2.24) is 4.90 Å². The second kappa shape index (κ2) is 11.3. The van der Waals surface area contributed by atoms with Gasteiger partial charge in [0.05, 0.1) is 23.2 Å². The number of benzene rings is 2. The Balaban J connectivity index is 1.33. The number of fused-ring (bicyclic) bond motifs is 1. The van der Waals surface area contributed by atoms with E-state index in [-0.39, 0.29) is 24.0 Å². The lowest BCUT2D eigenvalue weighted by Crippen LogP contribution is -2.44. The Morgan fingerprint density at radius 2 is 2.08 bits per heavy atom. The molecule has 0 saturated carbocycles. The predicted octanol–water partition coefficient (Wildman–Crippen LogP) is 4.08. The van der Waals surface area contributed by atoms with E-state index < -0.39 is 23.5 Å². The Labute approximate surface area is 208 Å². The second-order valence-electron chi connectivity index (χ2n) is 9.09. The molecule has 2 aliphatic heterocycles. The molecule has 1 saturated heterocycles. The molecular weight excluding hydrogens is 468 g/mol. The molecule has 2 aliphatic rings. The van der Waals surface area contributed by atoms with E-state index in [9.17, 15) is 28.7 Å². The normalized spacial score (nSPS) is 20.1. The average Bonchev–Trinajstić information content (AvgIpc) is 2.87. The molecule has 1 fully saturated rings. The smallest absolute Gasteiger partial charge is 0.308 e. The SMILES string of the molecule is N#Cc1ccc2c(c1)N(CCCC1CCN(CC=Cc3cc(F)ccc3F)CC1C(=O)O)C(=O)CO2. The quantitative estimate of drug-likeness (QED) is 0.593. The van der Waals surface area contributed by atoms with Crippen LogP contribution in [0.1, 0.15) is 30.4 Å². The van der Waals surface area contributed by atoms with Crippen molar-refractivity contribution >= 4 is 23.6 Å². The van der Waals surface area contributed by atoms with E-state index >= 15 is 0 Å². The summed E-state index contributed by atoms with van der Waals surface area (Å²) >= 11 is 0. The number of amides is 1. The number of carboxylic acid groups (broad SMARTS) is 1. The minimum absolute atomic E-state index is 0.0375. The highest BCUT2D eigenvalue weighted by molar-refractivity contribution is 5.98. The summed E-state index contributed by atoms with van der Waals surface area (Å²) < 4.78 is 32.6. The number of piperidine rings is 1. The number of nitriles is 1. The molecule has 2 aromatic rings. The summed E-state index contributed by atoms with van der Waals surface area (Å²) in [6.07, 6.45) is 5.18. The molecule has 2 atom stereocenters. The summed E-state index contributed by atoms with van der Waals surface area (Å²) in [5, 5.41) is 19.0. The molecule has 2 unspecified atom stereocenters. The number of anilines is 1. The topological polar surface area (TPSA) is 93.9 Å². The van der Waals surface area contributed by atoms with E-state index in [1.165, 1.54) is 6.08 Å². The van der Waals surface area contributed by atoms with Crippen LogP contribution in [-0.2, 0) is 9.59 Å². The van der Waals surface area contributed by atoms with Crippen molar-refractivity contribution in [1.29, 1.82) is 5.26 Å². The van der Waals surface area contributed by atoms with Crippen LogP contribution in [-0.4, -0.2) is 54.7 Å². The Bertz CT molecular complexity index is 1210. The van der Waals surface area contributed by atoms with Gasteiger partial charge in [0.1, 0.15) is 17.4 Å². The van der Waals surface area contributed by atoms with Gasteiger partial charge in [-0.05, 0) is 68.1 Å². The maximum absolute atomic E-state index is 13.8. The van der Waals surface area contributed by atoms with Crippen LogP contribution in [0.15, 0.2) is 42.5 Å². The lowest BCUT2D eigenvalue weighted by molar-refractivity contribution is -0.146. The molecular formula is C27H27F2N3O4. The van der Waals surface area contributed by atoms with Gasteiger partial charge in [-0.2, -0.15) is 5.26 Å². The van der Waals surface area contributed by atoms with Crippen LogP contribution in [0.25, 0.3) is 6.08 Å². The Hall–Kier alpha value is -3.77. The Morgan fingerprint density at radius 3 is 2.86 bits per heavy atom. The molecule has 1 amide bonds. The van der Waals surface area contributed by atoms with E-state index in [0.29, 0.717) is 62.4 Å². The molecule has 36 heavy (non-hydrogen) atoms. The van der Waals surface area contributed by atoms with E-state index in [1.54, 1.807) is 29.2 Å². The molecule has 9 heteroatoms. The maximum Gasteiger partial charge on any atom is 0.308 e. The first kappa shape index (κ1) is 25.3. The van der Waals surface area contributed by atoms with Gasteiger partial charge in [0.2, 0.25) is 0 Å². The molecule has 7 nitrogen and oxygen atoms in total. The van der Waals surface area contributed by atoms with Gasteiger partial charge >= 0.3 is 5.97 Å². The first-order valence-corrected chi connectivity index (χ1v) is 11.9. The summed E-state index contributed by atoms with van der Waals surface area (Å²) in [5.74, 6) is -2.13. The summed E-state index contributed by atoms with van der Waals surface area (Å²) in [7, 11) is 0. The van der Waals surface area contributed by atoms with Crippen LogP contribution in [0, 0.1) is 34.8 Å². The number of carbonyl (C=O) groups excluding carboxylic acids is 1. The zero-order valence-corrected chi connectivity index (χ0v) is 19.7. The molecule has 2 heterocycles. The fourth-order valence-corrected chi connectivity index (χ4v) is 4.86. The average molecular weight is 496 g/mol. The Kier molecular flexibility index (Phi) is 7.96. The lowest BCUT2D eigenvalue weighted by atomic mass is 9.82. The molecule has 0 aromatic heterocycles. The van der Waals surface area contributed by atoms with Crippen molar-refractivity contribution in [3.63, 3.8) is 0 Å². The second-order valence-corrected chi connectivity index (χ2v) is 9.09. The first-order chi connectivity index (χ1) is 17.4. The molecule has 188 valence electrons. The van der Waals surface area contributed by atoms with Gasteiger partial charge in [-0.1, -0.05) is 12.2 Å². The summed E-state index contributed by atoms with van der Waals surface area (Å²) in [6, 6.07) is 10.3. The number of carboxylic acids is 1. The van der Waals surface area contributed by atoms with E-state index in [1.807, 2.05) is 4.90 Å². The number of hydrogen-bond acceptors (Lipinski definition) is 5. The molecule has 0 bridgehead atoms. The van der Waals surface area contributed by atoms with Crippen LogP contribution in [0.2, 0.25) is 0 Å². The zero-order chi connectivity index (χ0) is 25.7. The van der Waals surface area contributed by atoms with Gasteiger partial charge in [-0.25, -0.2) is 8.78 Å². The van der Waals surface area contributed by atoms with Gasteiger partial charge < -0.3 is 14.7 Å². The molecule has 0 aliphatic carbocycles. The standard InChI is InChI=1S/C27H27F2N3O4/c28-21-6-7-23(29)20(14-21)4-1-10-31-12-9-19(22(16-31)27(34)35)3-2-11-32-24-13-18(15-30)5-8-25(24)36-17-26(32)33/h1,4-8,13-14,19,22H,2-3,9-12,16-17H2,(H,34,35). The number of ether oxygens (including phenoxy) is 1. The van der Waals surface area contributed by atoms with Crippen LogP contribution in [0.5, 0.6) is 5.75 Å². The summed E-state index contributed by atoms with van der Waals surface area (Å²) in [4.78, 5) is 28.1. The van der Waals surface area contributed by atoms with E-state index in [4.69, 9.17) is 4.74 Å². The molecule has 2 aromatic carbocycles. The fraction of sp³-hybridized carbons (Fsp3) is 0.370. The van der Waals surface area contributed by atoms with Crippen LogP contribution in [0.4, 0.5) is 14.5 Å². The summed E-state index contributed by atoms with van der Waals surface area (Å²) in [5.41, 5.74) is 1.15. The van der Waals surface area contributed by atoms with Gasteiger partial charge in [-0.3, -0.25) is 14.5 Å². The van der Waals surface area contributed by atoms with Crippen molar-refractivity contribution in [2.24, 2.45) is 11.8 Å². The number of likely N-dealkylation sites (tertiary alicyclic amines) is 1. The number of aliphatic carboxylic acids is 1. The number of carbonyl (C=O) groups is 2. The van der Waals surface area contributed by atoms with Gasteiger partial charge in [-0.15, -0.1) is 0 Å². The molecule has 1 N–H and O–H groups in total. The third-order valence-corrected chi connectivity index (χ3v) is 6.76. The largest absolute Gasteiger partial charge is 0.482 e. The van der Waals surface area contributed by atoms with Crippen LogP contribution < -0.4 is 9.64 Å². The van der Waals surface area contributed by atoms with Crippen molar-refractivity contribution in [2.45, 2.75) is 19.3 Å². The monoisotopic (exact) mass is 495 g/mol. The van der Waals surface area contributed by atoms with Crippen molar-refractivity contribution in [3.8, 4) is 11.8 Å². The van der Waals surface area contributed by atoms with Crippen molar-refractivity contribution in [3.05, 3.63) is 65.2 Å². The minimum Gasteiger partial charge on any atom is -0.482 e. The van der Waals surface area contributed by atoms with Gasteiger partial charge in [0, 0.05) is 25.2 Å². The number of halogens is 2. The highest BCUT2D eigenvalue weighted by Crippen LogP contribution is 2.34. The van der Waals surface area contributed by atoms with Crippen molar-refractivity contribution < 1.29 is 28.2 Å². The van der Waals surface area contributed by atoms with Crippen LogP contribution in [0.3, 0.4) is 0 Å². The third kappa shape index (κ3) is 5.89. The van der Waals surface area contributed by atoms with Gasteiger partial charge in [0.15, 0.2) is 6.61 Å². The van der Waals surface area contributed by atoms with E-state index in [0.717, 1.165) is 18.2 Å². The van der Waals surface area contributed by atoms with Crippen molar-refractivity contribution in [2.75, 3.05) is 37.7 Å². The third-order valence-electron chi connectivity index (χ3n) is 6.76. The molecule has 4 rings (SSSR count). The number of hydrogen-bond donors (Lipinski definition) is 1. The highest BCUT2D eigenvalue weighted by Gasteiger charge is 2.34. The summed E-state index contributed by atoms with van der Waals surface area (Å²) in [6.45, 7) is 1.84. The Morgan fingerprint density at radius 1 is 1.25 bits per heavy atom. The highest BCUT2D eigenvalue weighted by atomic mass is 19.1.